The van der Waals surface area contributed by atoms with Gasteiger partial charge in [-0.3, -0.25) is 0 Å². The van der Waals surface area contributed by atoms with Crippen molar-refractivity contribution in [2.75, 3.05) is 5.32 Å². The first-order chi connectivity index (χ1) is 11.9. The molecule has 126 valence electrons. The molecule has 25 heavy (non-hydrogen) atoms. The monoisotopic (exact) mass is 341 g/mol. The summed E-state index contributed by atoms with van der Waals surface area (Å²) in [5.41, 5.74) is 2.07. The van der Waals surface area contributed by atoms with E-state index in [0.717, 1.165) is 17.3 Å². The molecule has 1 aromatic heterocycles. The van der Waals surface area contributed by atoms with Crippen LogP contribution in [-0.2, 0) is 6.18 Å². The van der Waals surface area contributed by atoms with Crippen LogP contribution in [0.5, 0.6) is 0 Å². The molecular weight excluding hydrogens is 327 g/mol. The highest BCUT2D eigenvalue weighted by Gasteiger charge is 2.34. The summed E-state index contributed by atoms with van der Waals surface area (Å²) in [5.74, 6) is 0. The highest BCUT2D eigenvalue weighted by atomic mass is 19.4. The fraction of sp³-hybridized carbons (Fsp3) is 0.100. The van der Waals surface area contributed by atoms with Gasteiger partial charge < -0.3 is 9.73 Å². The third-order valence-corrected chi connectivity index (χ3v) is 4.24. The van der Waals surface area contributed by atoms with E-state index in [9.17, 15) is 13.2 Å². The number of alkyl halides is 3. The normalized spacial score (nSPS) is 12.0. The summed E-state index contributed by atoms with van der Waals surface area (Å²) < 4.78 is 45.5. The fourth-order valence-electron chi connectivity index (χ4n) is 3.00. The standard InChI is InChI=1S/C20H14F3NO/c1-12-6-2-3-10-16(12)24-17-11-5-8-14-13-7-4-9-15(20(21,22)23)18(13)25-19(14)17/h2-11,24H,1H3. The van der Waals surface area contributed by atoms with Crippen LogP contribution in [0, 0.1) is 6.92 Å². The van der Waals surface area contributed by atoms with Crippen molar-refractivity contribution in [3.05, 3.63) is 71.8 Å². The van der Waals surface area contributed by atoms with Crippen LogP contribution in [0.4, 0.5) is 24.5 Å². The second-order valence-corrected chi connectivity index (χ2v) is 5.90. The van der Waals surface area contributed by atoms with Crippen LogP contribution in [0.2, 0.25) is 0 Å². The Hall–Kier alpha value is -2.95. The van der Waals surface area contributed by atoms with Crippen LogP contribution in [0.15, 0.2) is 65.1 Å². The van der Waals surface area contributed by atoms with Crippen molar-refractivity contribution in [2.24, 2.45) is 0 Å². The lowest BCUT2D eigenvalue weighted by Gasteiger charge is -2.09. The molecule has 0 bridgehead atoms. The Morgan fingerprint density at radius 2 is 1.40 bits per heavy atom. The van der Waals surface area contributed by atoms with Gasteiger partial charge in [-0.15, -0.1) is 0 Å². The molecule has 0 saturated carbocycles. The predicted molar refractivity (Wildman–Crippen MR) is 93.2 cm³/mol. The van der Waals surface area contributed by atoms with Crippen molar-refractivity contribution in [1.29, 1.82) is 0 Å². The van der Waals surface area contributed by atoms with Crippen molar-refractivity contribution in [3.8, 4) is 0 Å². The molecule has 0 aliphatic heterocycles. The maximum atomic E-state index is 13.3. The van der Waals surface area contributed by atoms with Crippen LogP contribution < -0.4 is 5.32 Å². The Morgan fingerprint density at radius 3 is 2.12 bits per heavy atom. The summed E-state index contributed by atoms with van der Waals surface area (Å²) in [7, 11) is 0. The lowest BCUT2D eigenvalue weighted by atomic mass is 10.1. The molecule has 5 heteroatoms. The maximum absolute atomic E-state index is 13.3. The Bertz CT molecular complexity index is 1080. The molecule has 0 amide bonds. The minimum atomic E-state index is -4.46. The highest BCUT2D eigenvalue weighted by Crippen LogP contribution is 2.41. The average Bonchev–Trinajstić information content (AvgIpc) is 2.96. The average molecular weight is 341 g/mol. The van der Waals surface area contributed by atoms with E-state index in [1.807, 2.05) is 31.2 Å². The number of halogens is 3. The van der Waals surface area contributed by atoms with E-state index in [1.165, 1.54) is 6.07 Å². The summed E-state index contributed by atoms with van der Waals surface area (Å²) >= 11 is 0. The SMILES string of the molecule is Cc1ccccc1Nc1cccc2c1oc1c(C(F)(F)F)cccc12. The second kappa shape index (κ2) is 5.55. The Morgan fingerprint density at radius 1 is 0.760 bits per heavy atom. The fourth-order valence-corrected chi connectivity index (χ4v) is 3.00. The number of anilines is 2. The van der Waals surface area contributed by atoms with Crippen molar-refractivity contribution in [3.63, 3.8) is 0 Å². The summed E-state index contributed by atoms with van der Waals surface area (Å²) in [6.45, 7) is 1.96. The molecule has 4 rings (SSSR count). The van der Waals surface area contributed by atoms with Gasteiger partial charge in [-0.2, -0.15) is 13.2 Å². The molecule has 2 nitrogen and oxygen atoms in total. The quantitative estimate of drug-likeness (QED) is 0.441. The summed E-state index contributed by atoms with van der Waals surface area (Å²) in [4.78, 5) is 0. The van der Waals surface area contributed by atoms with Gasteiger partial charge in [0.1, 0.15) is 5.58 Å². The van der Waals surface area contributed by atoms with Crippen LogP contribution in [0.3, 0.4) is 0 Å². The number of fused-ring (bicyclic) bond motifs is 3. The van der Waals surface area contributed by atoms with E-state index >= 15 is 0 Å². The smallest absolute Gasteiger partial charge is 0.420 e. The number of hydrogen-bond donors (Lipinski definition) is 1. The lowest BCUT2D eigenvalue weighted by molar-refractivity contribution is -0.136. The zero-order valence-corrected chi connectivity index (χ0v) is 13.3. The molecule has 0 spiro atoms. The van der Waals surface area contributed by atoms with Gasteiger partial charge >= 0.3 is 6.18 Å². The molecule has 0 radical (unpaired) electrons. The molecule has 3 aromatic carbocycles. The number of aryl methyl sites for hydroxylation is 1. The number of rotatable bonds is 2. The van der Waals surface area contributed by atoms with Gasteiger partial charge in [0.15, 0.2) is 5.58 Å². The van der Waals surface area contributed by atoms with Gasteiger partial charge in [0.05, 0.1) is 11.3 Å². The van der Waals surface area contributed by atoms with Gasteiger partial charge in [-0.05, 0) is 30.7 Å². The molecule has 0 aliphatic carbocycles. The van der Waals surface area contributed by atoms with Crippen molar-refractivity contribution in [2.45, 2.75) is 13.1 Å². The topological polar surface area (TPSA) is 25.2 Å². The number of nitrogens with one attached hydrogen (secondary N) is 1. The molecule has 4 aromatic rings. The highest BCUT2D eigenvalue weighted by molar-refractivity contribution is 6.10. The van der Waals surface area contributed by atoms with E-state index in [0.29, 0.717) is 22.0 Å². The first-order valence-corrected chi connectivity index (χ1v) is 7.79. The van der Waals surface area contributed by atoms with E-state index in [-0.39, 0.29) is 5.58 Å². The first kappa shape index (κ1) is 15.6. The van der Waals surface area contributed by atoms with Crippen LogP contribution in [0.25, 0.3) is 21.9 Å². The minimum absolute atomic E-state index is 0.135. The number of para-hydroxylation sites is 3. The van der Waals surface area contributed by atoms with Crippen molar-refractivity contribution >= 4 is 33.3 Å². The van der Waals surface area contributed by atoms with Crippen LogP contribution in [-0.4, -0.2) is 0 Å². The number of furan rings is 1. The third-order valence-electron chi connectivity index (χ3n) is 4.24. The molecule has 0 atom stereocenters. The van der Waals surface area contributed by atoms with Crippen molar-refractivity contribution in [1.82, 2.24) is 0 Å². The molecule has 0 fully saturated rings. The van der Waals surface area contributed by atoms with Gasteiger partial charge in [-0.1, -0.05) is 42.5 Å². The number of benzene rings is 3. The molecule has 1 N–H and O–H groups in total. The van der Waals surface area contributed by atoms with Crippen LogP contribution in [0.1, 0.15) is 11.1 Å². The van der Waals surface area contributed by atoms with E-state index < -0.39 is 11.7 Å². The molecule has 1 heterocycles. The van der Waals surface area contributed by atoms with Crippen molar-refractivity contribution < 1.29 is 17.6 Å². The Labute approximate surface area is 141 Å². The Balaban J connectivity index is 1.94. The van der Waals surface area contributed by atoms with Gasteiger partial charge in [0.25, 0.3) is 0 Å². The van der Waals surface area contributed by atoms with Crippen LogP contribution >= 0.6 is 0 Å². The molecule has 0 unspecified atom stereocenters. The third kappa shape index (κ3) is 2.61. The summed E-state index contributed by atoms with van der Waals surface area (Å²) in [5, 5.41) is 4.37. The number of hydrogen-bond acceptors (Lipinski definition) is 2. The largest absolute Gasteiger partial charge is 0.453 e. The zero-order valence-electron chi connectivity index (χ0n) is 13.3. The maximum Gasteiger partial charge on any atom is 0.420 e. The van der Waals surface area contributed by atoms with Gasteiger partial charge in [0.2, 0.25) is 0 Å². The summed E-state index contributed by atoms with van der Waals surface area (Å²) in [6, 6.07) is 17.2. The van der Waals surface area contributed by atoms with E-state index in [2.05, 4.69) is 5.32 Å². The minimum Gasteiger partial charge on any atom is -0.453 e. The lowest BCUT2D eigenvalue weighted by Crippen LogP contribution is -2.04. The Kier molecular flexibility index (Phi) is 3.46. The first-order valence-electron chi connectivity index (χ1n) is 7.79. The van der Waals surface area contributed by atoms with E-state index in [4.69, 9.17) is 4.42 Å². The second-order valence-electron chi connectivity index (χ2n) is 5.90. The molecule has 0 aliphatic rings. The molecular formula is C20H14F3NO. The van der Waals surface area contributed by atoms with E-state index in [1.54, 1.807) is 24.3 Å². The zero-order chi connectivity index (χ0) is 17.6. The van der Waals surface area contributed by atoms with Gasteiger partial charge in [-0.25, -0.2) is 0 Å². The van der Waals surface area contributed by atoms with Gasteiger partial charge in [0, 0.05) is 16.5 Å². The summed E-state index contributed by atoms with van der Waals surface area (Å²) in [6.07, 6.45) is -4.46. The molecule has 0 saturated heterocycles. The predicted octanol–water partition coefficient (Wildman–Crippen LogP) is 6.66.